The number of ether oxygens (including phenoxy) is 2. The molecule has 2 fully saturated rings. The highest BCUT2D eigenvalue weighted by Crippen LogP contribution is 2.25. The lowest BCUT2D eigenvalue weighted by molar-refractivity contribution is -0.0605. The van der Waals surface area contributed by atoms with E-state index in [9.17, 15) is 4.39 Å². The Labute approximate surface area is 174 Å². The quantitative estimate of drug-likeness (QED) is 0.602. The van der Waals surface area contributed by atoms with Gasteiger partial charge in [0, 0.05) is 31.7 Å². The molecule has 162 valence electrons. The third kappa shape index (κ3) is 5.90. The molecule has 2 aliphatic heterocycles. The number of nitrogens with one attached hydrogen (secondary N) is 1. The summed E-state index contributed by atoms with van der Waals surface area (Å²) in [5, 5.41) is 3.44. The van der Waals surface area contributed by atoms with Crippen molar-refractivity contribution in [3.63, 3.8) is 0 Å². The van der Waals surface area contributed by atoms with Crippen LogP contribution in [0.4, 0.5) is 4.39 Å². The maximum absolute atomic E-state index is 13.3. The Morgan fingerprint density at radius 2 is 2.03 bits per heavy atom. The molecule has 4 unspecified atom stereocenters. The molecule has 0 bridgehead atoms. The summed E-state index contributed by atoms with van der Waals surface area (Å²) in [6.45, 7) is 14.2. The molecule has 29 heavy (non-hydrogen) atoms. The first kappa shape index (κ1) is 22.0. The van der Waals surface area contributed by atoms with Crippen LogP contribution in [0.25, 0.3) is 0 Å². The van der Waals surface area contributed by atoms with Gasteiger partial charge in [0.05, 0.1) is 32.4 Å². The molecule has 1 aromatic rings. The molecule has 0 radical (unpaired) electrons. The van der Waals surface area contributed by atoms with E-state index in [-0.39, 0.29) is 18.0 Å². The van der Waals surface area contributed by atoms with Crippen LogP contribution in [0.3, 0.4) is 0 Å². The van der Waals surface area contributed by atoms with Crippen molar-refractivity contribution in [3.8, 4) is 0 Å². The fraction of sp³-hybridized carbons (Fsp3) is 0.682. The lowest BCUT2D eigenvalue weighted by atomic mass is 10.1. The van der Waals surface area contributed by atoms with Crippen LogP contribution in [0.5, 0.6) is 0 Å². The second kappa shape index (κ2) is 10.4. The van der Waals surface area contributed by atoms with Crippen molar-refractivity contribution < 1.29 is 13.9 Å². The van der Waals surface area contributed by atoms with Crippen LogP contribution in [-0.2, 0) is 9.47 Å². The molecular weight excluding hydrogens is 371 g/mol. The Morgan fingerprint density at radius 3 is 2.72 bits per heavy atom. The van der Waals surface area contributed by atoms with Crippen molar-refractivity contribution in [2.75, 3.05) is 45.9 Å². The monoisotopic (exact) mass is 406 g/mol. The van der Waals surface area contributed by atoms with Gasteiger partial charge >= 0.3 is 0 Å². The van der Waals surface area contributed by atoms with Crippen LogP contribution in [0.1, 0.15) is 39.4 Å². The number of halogens is 1. The fourth-order valence-corrected chi connectivity index (χ4v) is 4.13. The lowest BCUT2D eigenvalue weighted by Gasteiger charge is -2.39. The third-order valence-corrected chi connectivity index (χ3v) is 5.63. The summed E-state index contributed by atoms with van der Waals surface area (Å²) < 4.78 is 25.0. The molecule has 7 heteroatoms. The first-order valence-electron chi connectivity index (χ1n) is 10.8. The summed E-state index contributed by atoms with van der Waals surface area (Å²) in [5.41, 5.74) is 0.995. The van der Waals surface area contributed by atoms with E-state index in [0.29, 0.717) is 18.6 Å². The summed E-state index contributed by atoms with van der Waals surface area (Å²) in [6.07, 6.45) is -0.0285. The first-order valence-corrected chi connectivity index (χ1v) is 10.8. The largest absolute Gasteiger partial charge is 0.379 e. The summed E-state index contributed by atoms with van der Waals surface area (Å²) >= 11 is 0. The standard InChI is InChI=1S/C22H35FN4O2/c1-5-24-22(25-12-16(2)27-10-11-28-15-17(27)3)26-13-18(4)29-21(14-26)19-6-8-20(23)9-7-19/h6-9,16-18,21H,5,10-15H2,1-4H3,(H,24,25). The summed E-state index contributed by atoms with van der Waals surface area (Å²) in [5.74, 6) is 0.693. The minimum atomic E-state index is -0.226. The first-order chi connectivity index (χ1) is 14.0. The highest BCUT2D eigenvalue weighted by atomic mass is 19.1. The Balaban J connectivity index is 1.69. The molecular formula is C22H35FN4O2. The van der Waals surface area contributed by atoms with Gasteiger partial charge in [-0.2, -0.15) is 0 Å². The van der Waals surface area contributed by atoms with Crippen molar-refractivity contribution in [2.45, 2.75) is 52.0 Å². The number of rotatable bonds is 5. The van der Waals surface area contributed by atoms with Gasteiger partial charge in [0.15, 0.2) is 5.96 Å². The van der Waals surface area contributed by atoms with Crippen molar-refractivity contribution in [2.24, 2.45) is 4.99 Å². The maximum atomic E-state index is 13.3. The number of nitrogens with zero attached hydrogens (tertiary/aromatic N) is 3. The molecule has 3 rings (SSSR count). The van der Waals surface area contributed by atoms with E-state index in [0.717, 1.165) is 50.9 Å². The Bertz CT molecular complexity index is 669. The molecule has 2 aliphatic rings. The second-order valence-electron chi connectivity index (χ2n) is 8.10. The van der Waals surface area contributed by atoms with E-state index in [1.54, 1.807) is 0 Å². The van der Waals surface area contributed by atoms with Gasteiger partial charge < -0.3 is 19.7 Å². The van der Waals surface area contributed by atoms with E-state index in [1.165, 1.54) is 12.1 Å². The number of hydrogen-bond acceptors (Lipinski definition) is 4. The molecule has 0 aliphatic carbocycles. The molecule has 0 spiro atoms. The highest BCUT2D eigenvalue weighted by Gasteiger charge is 2.29. The topological polar surface area (TPSA) is 49.3 Å². The van der Waals surface area contributed by atoms with Gasteiger partial charge in [0.25, 0.3) is 0 Å². The van der Waals surface area contributed by atoms with Crippen LogP contribution in [0.2, 0.25) is 0 Å². The third-order valence-electron chi connectivity index (χ3n) is 5.63. The molecule has 0 saturated carbocycles. The molecule has 1 aromatic carbocycles. The number of aliphatic imine (C=N–C) groups is 1. The van der Waals surface area contributed by atoms with Crippen molar-refractivity contribution in [1.82, 2.24) is 15.1 Å². The molecule has 0 aromatic heterocycles. The van der Waals surface area contributed by atoms with Gasteiger partial charge in [-0.1, -0.05) is 12.1 Å². The predicted molar refractivity (Wildman–Crippen MR) is 114 cm³/mol. The zero-order chi connectivity index (χ0) is 20.8. The van der Waals surface area contributed by atoms with Crippen LogP contribution in [0.15, 0.2) is 29.3 Å². The predicted octanol–water partition coefficient (Wildman–Crippen LogP) is 2.66. The second-order valence-corrected chi connectivity index (χ2v) is 8.10. The van der Waals surface area contributed by atoms with E-state index in [2.05, 4.69) is 42.8 Å². The molecule has 2 saturated heterocycles. The zero-order valence-corrected chi connectivity index (χ0v) is 18.1. The number of hydrogen-bond donors (Lipinski definition) is 1. The van der Waals surface area contributed by atoms with Crippen LogP contribution >= 0.6 is 0 Å². The normalized spacial score (nSPS) is 27.7. The SMILES string of the molecule is CCNC(=NCC(C)N1CCOCC1C)N1CC(C)OC(c2ccc(F)cc2)C1. The van der Waals surface area contributed by atoms with E-state index >= 15 is 0 Å². The molecule has 4 atom stereocenters. The average Bonchev–Trinajstić information content (AvgIpc) is 2.71. The van der Waals surface area contributed by atoms with Gasteiger partial charge in [-0.25, -0.2) is 4.39 Å². The van der Waals surface area contributed by atoms with Crippen molar-refractivity contribution in [1.29, 1.82) is 0 Å². The molecule has 6 nitrogen and oxygen atoms in total. The van der Waals surface area contributed by atoms with E-state index in [4.69, 9.17) is 14.5 Å². The van der Waals surface area contributed by atoms with E-state index in [1.807, 2.05) is 12.1 Å². The fourth-order valence-electron chi connectivity index (χ4n) is 4.13. The number of morpholine rings is 2. The van der Waals surface area contributed by atoms with Crippen LogP contribution in [0, 0.1) is 5.82 Å². The van der Waals surface area contributed by atoms with Gasteiger partial charge in [0.2, 0.25) is 0 Å². The lowest BCUT2D eigenvalue weighted by Crippen LogP contribution is -2.52. The number of benzene rings is 1. The molecule has 0 amide bonds. The average molecular weight is 407 g/mol. The summed E-state index contributed by atoms with van der Waals surface area (Å²) in [7, 11) is 0. The van der Waals surface area contributed by atoms with E-state index < -0.39 is 0 Å². The van der Waals surface area contributed by atoms with Gasteiger partial charge in [-0.05, 0) is 45.4 Å². The minimum Gasteiger partial charge on any atom is -0.379 e. The summed E-state index contributed by atoms with van der Waals surface area (Å²) in [4.78, 5) is 9.69. The van der Waals surface area contributed by atoms with Gasteiger partial charge in [0.1, 0.15) is 11.9 Å². The Morgan fingerprint density at radius 1 is 1.28 bits per heavy atom. The smallest absolute Gasteiger partial charge is 0.194 e. The maximum Gasteiger partial charge on any atom is 0.194 e. The molecule has 2 heterocycles. The van der Waals surface area contributed by atoms with Crippen molar-refractivity contribution in [3.05, 3.63) is 35.6 Å². The van der Waals surface area contributed by atoms with Gasteiger partial charge in [-0.3, -0.25) is 9.89 Å². The van der Waals surface area contributed by atoms with Gasteiger partial charge in [-0.15, -0.1) is 0 Å². The Kier molecular flexibility index (Phi) is 7.86. The Hall–Kier alpha value is -1.70. The zero-order valence-electron chi connectivity index (χ0n) is 18.1. The summed E-state index contributed by atoms with van der Waals surface area (Å²) in [6, 6.07) is 7.38. The van der Waals surface area contributed by atoms with Crippen molar-refractivity contribution >= 4 is 5.96 Å². The molecule has 1 N–H and O–H groups in total. The van der Waals surface area contributed by atoms with Crippen LogP contribution < -0.4 is 5.32 Å². The van der Waals surface area contributed by atoms with Crippen LogP contribution in [-0.4, -0.2) is 79.9 Å². The number of guanidine groups is 1. The minimum absolute atomic E-state index is 0.0688. The highest BCUT2D eigenvalue weighted by molar-refractivity contribution is 5.80.